The number of rotatable bonds is 8. The second-order valence-corrected chi connectivity index (χ2v) is 11.1. The van der Waals surface area contributed by atoms with E-state index in [2.05, 4.69) is 25.2 Å². The highest BCUT2D eigenvalue weighted by atomic mass is 32.2. The Labute approximate surface area is 203 Å². The highest BCUT2D eigenvalue weighted by molar-refractivity contribution is 7.89. The Morgan fingerprint density at radius 3 is 2.15 bits per heavy atom. The normalized spacial score (nSPS) is 16.3. The summed E-state index contributed by atoms with van der Waals surface area (Å²) in [5.74, 6) is 1.52. The van der Waals surface area contributed by atoms with Gasteiger partial charge in [0.1, 0.15) is 11.5 Å². The number of hydrogen-bond acceptors (Lipinski definition) is 5. The van der Waals surface area contributed by atoms with Crippen LogP contribution in [0.5, 0.6) is 11.5 Å². The Kier molecular flexibility index (Phi) is 8.25. The van der Waals surface area contributed by atoms with Crippen LogP contribution in [0, 0.1) is 12.8 Å². The maximum Gasteiger partial charge on any atom is 0.243 e. The third kappa shape index (κ3) is 5.55. The van der Waals surface area contributed by atoms with Crippen LogP contribution in [-0.4, -0.2) is 45.9 Å². The summed E-state index contributed by atoms with van der Waals surface area (Å²) in [4.78, 5) is 13.3. The van der Waals surface area contributed by atoms with Gasteiger partial charge in [-0.25, -0.2) is 8.42 Å². The lowest BCUT2D eigenvalue weighted by Crippen LogP contribution is -2.43. The molecule has 1 aliphatic heterocycles. The fourth-order valence-electron chi connectivity index (χ4n) is 4.47. The Morgan fingerprint density at radius 1 is 1.00 bits per heavy atom. The molecule has 7 nitrogen and oxygen atoms in total. The average Bonchev–Trinajstić information content (AvgIpc) is 2.83. The zero-order chi connectivity index (χ0) is 25.0. The first-order valence-corrected chi connectivity index (χ1v) is 13.2. The van der Waals surface area contributed by atoms with E-state index in [0.29, 0.717) is 37.6 Å². The van der Waals surface area contributed by atoms with Crippen LogP contribution < -0.4 is 14.8 Å². The third-order valence-corrected chi connectivity index (χ3v) is 8.50. The minimum atomic E-state index is -3.59. The Hall–Kier alpha value is -2.58. The van der Waals surface area contributed by atoms with Gasteiger partial charge >= 0.3 is 0 Å². The third-order valence-electron chi connectivity index (χ3n) is 6.59. The van der Waals surface area contributed by atoms with Crippen molar-refractivity contribution in [2.75, 3.05) is 27.3 Å². The number of methoxy groups -OCH3 is 2. The van der Waals surface area contributed by atoms with E-state index in [1.807, 2.05) is 19.9 Å². The molecule has 1 heterocycles. The lowest BCUT2D eigenvalue weighted by molar-refractivity contribution is -0.126. The van der Waals surface area contributed by atoms with Gasteiger partial charge in [-0.3, -0.25) is 4.79 Å². The predicted octanol–water partition coefficient (Wildman–Crippen LogP) is 4.41. The van der Waals surface area contributed by atoms with Gasteiger partial charge in [-0.15, -0.1) is 0 Å². The minimum Gasteiger partial charge on any atom is -0.497 e. The molecule has 0 saturated carbocycles. The topological polar surface area (TPSA) is 84.9 Å². The van der Waals surface area contributed by atoms with Crippen molar-refractivity contribution in [2.45, 2.75) is 57.4 Å². The number of nitrogens with zero attached hydrogens (tertiary/aromatic N) is 1. The van der Waals surface area contributed by atoms with Crippen LogP contribution >= 0.6 is 0 Å². The number of benzene rings is 2. The number of aryl methyl sites for hydroxylation is 1. The molecule has 2 aromatic carbocycles. The second kappa shape index (κ2) is 10.8. The van der Waals surface area contributed by atoms with Crippen LogP contribution in [0.3, 0.4) is 0 Å². The number of piperidine rings is 1. The zero-order valence-electron chi connectivity index (χ0n) is 20.9. The van der Waals surface area contributed by atoms with Gasteiger partial charge in [0.2, 0.25) is 15.9 Å². The van der Waals surface area contributed by atoms with Crippen LogP contribution in [0.4, 0.5) is 0 Å². The molecule has 1 fully saturated rings. The van der Waals surface area contributed by atoms with Crippen LogP contribution in [-0.2, 0) is 14.8 Å². The van der Waals surface area contributed by atoms with Crippen LogP contribution in [0.1, 0.15) is 62.3 Å². The molecular weight excluding hydrogens is 452 g/mol. The van der Waals surface area contributed by atoms with E-state index in [9.17, 15) is 13.2 Å². The first kappa shape index (κ1) is 26.0. The molecule has 0 aliphatic carbocycles. The summed E-state index contributed by atoms with van der Waals surface area (Å²) in [6.45, 7) is 8.88. The Morgan fingerprint density at radius 2 is 1.62 bits per heavy atom. The van der Waals surface area contributed by atoms with Crippen molar-refractivity contribution >= 4 is 15.9 Å². The van der Waals surface area contributed by atoms with E-state index in [1.165, 1.54) is 4.31 Å². The highest BCUT2D eigenvalue weighted by Crippen LogP contribution is 2.32. The maximum absolute atomic E-state index is 13.0. The number of carbonyl (C=O) groups is 1. The standard InChI is InChI=1S/C26H36N2O5S/c1-17(2)23-16-24(18(3)15-25(23)33-6)19(4)27-26(29)20-11-13-28(14-12-20)34(30,31)22-9-7-21(32-5)8-10-22/h7-10,15-17,19-20H,11-14H2,1-6H3,(H,27,29). The maximum atomic E-state index is 13.0. The summed E-state index contributed by atoms with van der Waals surface area (Å²) >= 11 is 0. The summed E-state index contributed by atoms with van der Waals surface area (Å²) in [5.41, 5.74) is 3.24. The van der Waals surface area contributed by atoms with Crippen LogP contribution in [0.15, 0.2) is 41.3 Å². The highest BCUT2D eigenvalue weighted by Gasteiger charge is 2.32. The number of nitrogens with one attached hydrogen (secondary N) is 1. The van der Waals surface area contributed by atoms with Crippen LogP contribution in [0.25, 0.3) is 0 Å². The molecule has 186 valence electrons. The molecule has 2 aromatic rings. The van der Waals surface area contributed by atoms with Gasteiger partial charge in [0, 0.05) is 19.0 Å². The number of sulfonamides is 1. The SMILES string of the molecule is COc1ccc(S(=O)(=O)N2CCC(C(=O)NC(C)c3cc(C(C)C)c(OC)cc3C)CC2)cc1. The van der Waals surface area contributed by atoms with Crippen molar-refractivity contribution in [3.8, 4) is 11.5 Å². The second-order valence-electron chi connectivity index (χ2n) is 9.19. The van der Waals surface area contributed by atoms with Gasteiger partial charge in [0.05, 0.1) is 25.2 Å². The molecule has 8 heteroatoms. The zero-order valence-corrected chi connectivity index (χ0v) is 21.7. The molecule has 0 aromatic heterocycles. The molecule has 1 N–H and O–H groups in total. The molecule has 1 amide bonds. The van der Waals surface area contributed by atoms with Crippen molar-refractivity contribution in [2.24, 2.45) is 5.92 Å². The molecule has 1 atom stereocenters. The summed E-state index contributed by atoms with van der Waals surface area (Å²) in [5, 5.41) is 3.15. The molecule has 1 saturated heterocycles. The van der Waals surface area contributed by atoms with Gasteiger partial charge in [0.15, 0.2) is 0 Å². The molecular formula is C26H36N2O5S. The predicted molar refractivity (Wildman–Crippen MR) is 133 cm³/mol. The van der Waals surface area contributed by atoms with E-state index in [0.717, 1.165) is 22.4 Å². The van der Waals surface area contributed by atoms with E-state index >= 15 is 0 Å². The number of carbonyl (C=O) groups excluding carboxylic acids is 1. The van der Waals surface area contributed by atoms with E-state index < -0.39 is 10.0 Å². The van der Waals surface area contributed by atoms with E-state index in [-0.39, 0.29) is 22.8 Å². The van der Waals surface area contributed by atoms with Crippen molar-refractivity contribution in [1.29, 1.82) is 0 Å². The quantitative estimate of drug-likeness (QED) is 0.595. The Bertz CT molecular complexity index is 1100. The monoisotopic (exact) mass is 488 g/mol. The Balaban J connectivity index is 1.64. The molecule has 3 rings (SSSR count). The average molecular weight is 489 g/mol. The van der Waals surface area contributed by atoms with E-state index in [4.69, 9.17) is 9.47 Å². The van der Waals surface area contributed by atoms with Crippen molar-refractivity contribution in [1.82, 2.24) is 9.62 Å². The lowest BCUT2D eigenvalue weighted by atomic mass is 9.92. The summed E-state index contributed by atoms with van der Waals surface area (Å²) < 4.78 is 38.1. The van der Waals surface area contributed by atoms with Crippen molar-refractivity contribution in [3.63, 3.8) is 0 Å². The molecule has 0 bridgehead atoms. The first-order chi connectivity index (χ1) is 16.1. The van der Waals surface area contributed by atoms with Gasteiger partial charge in [-0.1, -0.05) is 13.8 Å². The van der Waals surface area contributed by atoms with Gasteiger partial charge < -0.3 is 14.8 Å². The van der Waals surface area contributed by atoms with E-state index in [1.54, 1.807) is 38.5 Å². The summed E-state index contributed by atoms with van der Waals surface area (Å²) in [6, 6.07) is 10.4. The number of hydrogen-bond donors (Lipinski definition) is 1. The molecule has 0 radical (unpaired) electrons. The first-order valence-electron chi connectivity index (χ1n) is 11.7. The smallest absolute Gasteiger partial charge is 0.243 e. The molecule has 1 unspecified atom stereocenters. The molecule has 0 spiro atoms. The van der Waals surface area contributed by atoms with Gasteiger partial charge in [-0.05, 0) is 85.7 Å². The number of amides is 1. The van der Waals surface area contributed by atoms with Crippen molar-refractivity contribution < 1.29 is 22.7 Å². The summed E-state index contributed by atoms with van der Waals surface area (Å²) in [7, 11) is -0.379. The fourth-order valence-corrected chi connectivity index (χ4v) is 5.94. The lowest BCUT2D eigenvalue weighted by Gasteiger charge is -2.31. The molecule has 34 heavy (non-hydrogen) atoms. The fraction of sp³-hybridized carbons (Fsp3) is 0.500. The summed E-state index contributed by atoms with van der Waals surface area (Å²) in [6.07, 6.45) is 0.986. The largest absolute Gasteiger partial charge is 0.497 e. The number of ether oxygens (including phenoxy) is 2. The van der Waals surface area contributed by atoms with Crippen molar-refractivity contribution in [3.05, 3.63) is 53.1 Å². The minimum absolute atomic E-state index is 0.0321. The van der Waals surface area contributed by atoms with Crippen LogP contribution in [0.2, 0.25) is 0 Å². The van der Waals surface area contributed by atoms with Gasteiger partial charge in [-0.2, -0.15) is 4.31 Å². The molecule has 1 aliphatic rings. The van der Waals surface area contributed by atoms with Gasteiger partial charge in [0.25, 0.3) is 0 Å².